The zero-order valence-electron chi connectivity index (χ0n) is 12.7. The molecule has 0 aliphatic rings. The van der Waals surface area contributed by atoms with Gasteiger partial charge in [0.2, 0.25) is 0 Å². The highest BCUT2D eigenvalue weighted by atomic mass is 35.5. The van der Waals surface area contributed by atoms with E-state index in [-0.39, 0.29) is 19.3 Å². The molecule has 11 heteroatoms. The van der Waals surface area contributed by atoms with Crippen molar-refractivity contribution in [3.8, 4) is 0 Å². The Morgan fingerprint density at radius 1 is 1.19 bits per heavy atom. The summed E-state index contributed by atoms with van der Waals surface area (Å²) >= 11 is 14.0. The second kappa shape index (κ2) is 8.00. The predicted molar refractivity (Wildman–Crippen MR) is 102 cm³/mol. The maximum atomic E-state index is 12.3. The predicted octanol–water partition coefficient (Wildman–Crippen LogP) is 5.16. The van der Waals surface area contributed by atoms with Crippen LogP contribution in [0.4, 0.5) is 11.5 Å². The number of rotatable bonds is 5. The van der Waals surface area contributed by atoms with Gasteiger partial charge in [0.15, 0.2) is 4.21 Å². The van der Waals surface area contributed by atoms with Gasteiger partial charge in [-0.3, -0.25) is 9.78 Å². The van der Waals surface area contributed by atoms with Gasteiger partial charge >= 0.3 is 11.7 Å². The molecule has 0 aliphatic heterocycles. The number of hydrogen-bond acceptors (Lipinski definition) is 7. The first-order chi connectivity index (χ1) is 12.5. The summed E-state index contributed by atoms with van der Waals surface area (Å²) in [4.78, 5) is 31.1. The number of nitro groups is 1. The third-order valence-electron chi connectivity index (χ3n) is 2.98. The van der Waals surface area contributed by atoms with Gasteiger partial charge in [0.25, 0.3) is 5.01 Å². The molecule has 0 saturated carbocycles. The number of nitrogens with zero attached hydrogens (tertiary/aromatic N) is 3. The smallest absolute Gasteiger partial charge is 0.358 e. The summed E-state index contributed by atoms with van der Waals surface area (Å²) in [6.45, 7) is 0. The number of carbonyl (C=O) groups excluding carboxylic acids is 1. The number of benzene rings is 1. The number of amides is 1. The highest BCUT2D eigenvalue weighted by molar-refractivity contribution is 8.01. The second-order valence-corrected chi connectivity index (χ2v) is 7.83. The van der Waals surface area contributed by atoms with Crippen LogP contribution in [0, 0.1) is 10.1 Å². The summed E-state index contributed by atoms with van der Waals surface area (Å²) in [7, 11) is 0. The van der Waals surface area contributed by atoms with Gasteiger partial charge in [-0.05, 0) is 22.0 Å². The van der Waals surface area contributed by atoms with Gasteiger partial charge in [0.05, 0.1) is 14.9 Å². The Balaban J connectivity index is 1.91. The third-order valence-corrected chi connectivity index (χ3v) is 6.13. The monoisotopic (exact) mass is 426 g/mol. The molecule has 2 aromatic heterocycles. The minimum Gasteiger partial charge on any atom is -0.358 e. The zero-order valence-corrected chi connectivity index (χ0v) is 15.8. The number of nitrogens with one attached hydrogen (secondary N) is 1. The molecule has 3 aromatic rings. The van der Waals surface area contributed by atoms with Crippen molar-refractivity contribution < 1.29 is 9.72 Å². The van der Waals surface area contributed by atoms with Gasteiger partial charge in [0, 0.05) is 18.1 Å². The lowest BCUT2D eigenvalue weighted by molar-refractivity contribution is -0.391. The zero-order chi connectivity index (χ0) is 18.7. The SMILES string of the molecule is O=C(Nc1ccccc1)c1nc([N+](=O)[O-])c(Sc2c(Cl)cncc2Cl)s1. The van der Waals surface area contributed by atoms with Crippen molar-refractivity contribution >= 4 is 63.7 Å². The first-order valence-corrected chi connectivity index (χ1v) is 9.33. The van der Waals surface area contributed by atoms with E-state index in [9.17, 15) is 14.9 Å². The van der Waals surface area contributed by atoms with Crippen LogP contribution < -0.4 is 5.32 Å². The van der Waals surface area contributed by atoms with Crippen LogP contribution in [-0.2, 0) is 0 Å². The molecule has 7 nitrogen and oxygen atoms in total. The second-order valence-electron chi connectivity index (χ2n) is 4.74. The molecule has 0 bridgehead atoms. The Labute approximate surface area is 165 Å². The van der Waals surface area contributed by atoms with Crippen molar-refractivity contribution in [2.45, 2.75) is 9.10 Å². The topological polar surface area (TPSA) is 98.0 Å². The fourth-order valence-electron chi connectivity index (χ4n) is 1.87. The number of pyridine rings is 1. The first kappa shape index (κ1) is 18.6. The molecule has 0 atom stereocenters. The molecule has 2 heterocycles. The lowest BCUT2D eigenvalue weighted by Crippen LogP contribution is -2.11. The number of halogens is 2. The maximum absolute atomic E-state index is 12.3. The van der Waals surface area contributed by atoms with E-state index in [0.29, 0.717) is 10.6 Å². The average molecular weight is 427 g/mol. The molecule has 1 aromatic carbocycles. The summed E-state index contributed by atoms with van der Waals surface area (Å²) in [5.74, 6) is -0.967. The van der Waals surface area contributed by atoms with Gasteiger partial charge < -0.3 is 15.4 Å². The Kier molecular flexibility index (Phi) is 5.72. The van der Waals surface area contributed by atoms with Crippen LogP contribution in [0.3, 0.4) is 0 Å². The normalized spacial score (nSPS) is 10.5. The number of carbonyl (C=O) groups is 1. The molecule has 0 saturated heterocycles. The van der Waals surface area contributed by atoms with Crippen molar-refractivity contribution in [3.05, 3.63) is 67.9 Å². The molecule has 0 unspecified atom stereocenters. The molecular formula is C15H8Cl2N4O3S2. The van der Waals surface area contributed by atoms with E-state index < -0.39 is 16.6 Å². The van der Waals surface area contributed by atoms with Crippen LogP contribution in [0.15, 0.2) is 51.8 Å². The van der Waals surface area contributed by atoms with E-state index in [1.165, 1.54) is 12.4 Å². The van der Waals surface area contributed by atoms with Crippen molar-refractivity contribution in [1.29, 1.82) is 0 Å². The van der Waals surface area contributed by atoms with E-state index in [1.807, 2.05) is 0 Å². The largest absolute Gasteiger partial charge is 0.389 e. The lowest BCUT2D eigenvalue weighted by atomic mass is 10.3. The molecule has 3 rings (SSSR count). The number of aromatic nitrogens is 2. The molecule has 0 spiro atoms. The lowest BCUT2D eigenvalue weighted by Gasteiger charge is -2.03. The molecule has 1 amide bonds. The fraction of sp³-hybridized carbons (Fsp3) is 0. The number of thiazole rings is 1. The highest BCUT2D eigenvalue weighted by Crippen LogP contribution is 2.44. The Bertz CT molecular complexity index is 962. The van der Waals surface area contributed by atoms with E-state index in [2.05, 4.69) is 15.3 Å². The molecule has 1 N–H and O–H groups in total. The van der Waals surface area contributed by atoms with Crippen LogP contribution in [-0.4, -0.2) is 20.8 Å². The third kappa shape index (κ3) is 4.13. The van der Waals surface area contributed by atoms with E-state index in [0.717, 1.165) is 23.1 Å². The van der Waals surface area contributed by atoms with Gasteiger partial charge in [0.1, 0.15) is 0 Å². The van der Waals surface area contributed by atoms with Crippen LogP contribution in [0.25, 0.3) is 0 Å². The van der Waals surface area contributed by atoms with Crippen molar-refractivity contribution in [1.82, 2.24) is 9.97 Å². The first-order valence-electron chi connectivity index (χ1n) is 6.94. The van der Waals surface area contributed by atoms with Gasteiger partial charge in [-0.15, -0.1) is 0 Å². The summed E-state index contributed by atoms with van der Waals surface area (Å²) < 4.78 is 0.197. The maximum Gasteiger partial charge on any atom is 0.389 e. The summed E-state index contributed by atoms with van der Waals surface area (Å²) in [5, 5.41) is 14.4. The summed E-state index contributed by atoms with van der Waals surface area (Å²) in [6, 6.07) is 8.72. The Morgan fingerprint density at radius 3 is 2.46 bits per heavy atom. The quantitative estimate of drug-likeness (QED) is 0.446. The van der Waals surface area contributed by atoms with E-state index >= 15 is 0 Å². The summed E-state index contributed by atoms with van der Waals surface area (Å²) in [6.07, 6.45) is 2.76. The molecule has 0 fully saturated rings. The molecule has 0 radical (unpaired) electrons. The van der Waals surface area contributed by atoms with E-state index in [1.54, 1.807) is 30.3 Å². The molecule has 0 aliphatic carbocycles. The minimum absolute atomic E-state index is 0.0376. The van der Waals surface area contributed by atoms with Crippen LogP contribution in [0.5, 0.6) is 0 Å². The van der Waals surface area contributed by atoms with Gasteiger partial charge in [-0.25, -0.2) is 0 Å². The molecule has 132 valence electrons. The van der Waals surface area contributed by atoms with Crippen molar-refractivity contribution in [3.63, 3.8) is 0 Å². The average Bonchev–Trinajstić information content (AvgIpc) is 3.04. The summed E-state index contributed by atoms with van der Waals surface area (Å²) in [5.41, 5.74) is 0.560. The van der Waals surface area contributed by atoms with E-state index in [4.69, 9.17) is 23.2 Å². The fourth-order valence-corrected chi connectivity index (χ4v) is 4.48. The minimum atomic E-state index is -0.652. The van der Waals surface area contributed by atoms with Gasteiger partial charge in [-0.2, -0.15) is 0 Å². The van der Waals surface area contributed by atoms with Crippen LogP contribution in [0.1, 0.15) is 9.80 Å². The van der Waals surface area contributed by atoms with Crippen molar-refractivity contribution in [2.75, 3.05) is 5.32 Å². The van der Waals surface area contributed by atoms with Crippen LogP contribution in [0.2, 0.25) is 10.0 Å². The van der Waals surface area contributed by atoms with Crippen molar-refractivity contribution in [2.24, 2.45) is 0 Å². The molecule has 26 heavy (non-hydrogen) atoms. The molecular weight excluding hydrogens is 419 g/mol. The standard InChI is InChI=1S/C15H8Cl2N4O3S2/c16-9-6-18-7-10(17)11(9)25-15-12(21(23)24)20-14(26-15)13(22)19-8-4-2-1-3-5-8/h1-7H,(H,19,22). The number of anilines is 1. The van der Waals surface area contributed by atoms with Crippen LogP contribution >= 0.6 is 46.3 Å². The number of para-hydroxylation sites is 1. The highest BCUT2D eigenvalue weighted by Gasteiger charge is 2.29. The Hall–Kier alpha value is -2.20. The van der Waals surface area contributed by atoms with Gasteiger partial charge in [-0.1, -0.05) is 64.5 Å². The number of hydrogen-bond donors (Lipinski definition) is 1. The Morgan fingerprint density at radius 2 is 1.85 bits per heavy atom.